The first-order valence-electron chi connectivity index (χ1n) is 5.08. The Morgan fingerprint density at radius 1 is 1.50 bits per heavy atom. The van der Waals surface area contributed by atoms with Crippen molar-refractivity contribution in [3.63, 3.8) is 0 Å². The second-order valence-corrected chi connectivity index (χ2v) is 3.79. The van der Waals surface area contributed by atoms with E-state index in [2.05, 4.69) is 9.97 Å². The molecule has 0 saturated carbocycles. The molecule has 0 amide bonds. The molecule has 0 radical (unpaired) electrons. The van der Waals surface area contributed by atoms with Crippen molar-refractivity contribution in [2.24, 2.45) is 0 Å². The summed E-state index contributed by atoms with van der Waals surface area (Å²) in [6, 6.07) is 1.99. The smallest absolute Gasteiger partial charge is 0.162 e. The van der Waals surface area contributed by atoms with Gasteiger partial charge in [0.2, 0.25) is 0 Å². The first-order valence-corrected chi connectivity index (χ1v) is 5.08. The zero-order chi connectivity index (χ0) is 12.3. The van der Waals surface area contributed by atoms with Gasteiger partial charge in [0.25, 0.3) is 0 Å². The van der Waals surface area contributed by atoms with Gasteiger partial charge in [-0.25, -0.2) is 9.97 Å². The highest BCUT2D eigenvalue weighted by molar-refractivity contribution is 5.50. The van der Waals surface area contributed by atoms with Gasteiger partial charge in [-0.15, -0.1) is 0 Å². The van der Waals surface area contributed by atoms with Crippen molar-refractivity contribution in [3.05, 3.63) is 17.1 Å². The molecule has 0 aliphatic rings. The number of rotatable bonds is 3. The van der Waals surface area contributed by atoms with Crippen molar-refractivity contribution >= 4 is 5.82 Å². The van der Waals surface area contributed by atoms with Gasteiger partial charge in [0.1, 0.15) is 23.1 Å². The first-order chi connectivity index (χ1) is 7.48. The van der Waals surface area contributed by atoms with Crippen molar-refractivity contribution < 1.29 is 4.74 Å². The van der Waals surface area contributed by atoms with Crippen LogP contribution in [0.4, 0.5) is 5.82 Å². The number of anilines is 1. The van der Waals surface area contributed by atoms with E-state index < -0.39 is 5.60 Å². The standard InChI is InChI=1S/C11H16N4O/c1-5-11(3,16-4)10-14-7(2)8(6-12)9(13)15-10/h5H2,1-4H3,(H2,13,14,15). The normalized spacial score (nSPS) is 14.2. The molecule has 0 fully saturated rings. The number of nitriles is 1. The number of aromatic nitrogens is 2. The van der Waals surface area contributed by atoms with Crippen LogP contribution >= 0.6 is 0 Å². The average molecular weight is 220 g/mol. The molecule has 5 nitrogen and oxygen atoms in total. The summed E-state index contributed by atoms with van der Waals surface area (Å²) in [5, 5.41) is 8.87. The zero-order valence-electron chi connectivity index (χ0n) is 10.0. The van der Waals surface area contributed by atoms with Crippen molar-refractivity contribution in [2.75, 3.05) is 12.8 Å². The molecule has 1 unspecified atom stereocenters. The number of aryl methyl sites for hydroxylation is 1. The van der Waals surface area contributed by atoms with Crippen LogP contribution in [0, 0.1) is 18.3 Å². The van der Waals surface area contributed by atoms with Crippen LogP contribution in [0.2, 0.25) is 0 Å². The number of nitrogens with zero attached hydrogens (tertiary/aromatic N) is 3. The lowest BCUT2D eigenvalue weighted by Crippen LogP contribution is -2.27. The number of nitrogens with two attached hydrogens (primary N) is 1. The van der Waals surface area contributed by atoms with Crippen molar-refractivity contribution in [1.82, 2.24) is 9.97 Å². The Morgan fingerprint density at radius 3 is 2.50 bits per heavy atom. The number of hydrogen-bond donors (Lipinski definition) is 1. The molecule has 1 heterocycles. The SMILES string of the molecule is CCC(C)(OC)c1nc(C)c(C#N)c(N)n1. The van der Waals surface area contributed by atoms with E-state index in [-0.39, 0.29) is 5.82 Å². The molecule has 86 valence electrons. The van der Waals surface area contributed by atoms with E-state index in [9.17, 15) is 0 Å². The van der Waals surface area contributed by atoms with Crippen molar-refractivity contribution in [2.45, 2.75) is 32.8 Å². The van der Waals surface area contributed by atoms with Crippen LogP contribution in [0.3, 0.4) is 0 Å². The van der Waals surface area contributed by atoms with Gasteiger partial charge in [-0.05, 0) is 20.3 Å². The van der Waals surface area contributed by atoms with Gasteiger partial charge in [-0.1, -0.05) is 6.92 Å². The number of hydrogen-bond acceptors (Lipinski definition) is 5. The van der Waals surface area contributed by atoms with E-state index in [1.54, 1.807) is 14.0 Å². The molecule has 1 aromatic rings. The van der Waals surface area contributed by atoms with Gasteiger partial charge in [0.05, 0.1) is 5.69 Å². The molecule has 0 bridgehead atoms. The molecule has 1 atom stereocenters. The summed E-state index contributed by atoms with van der Waals surface area (Å²) in [6.45, 7) is 5.62. The molecule has 0 aromatic carbocycles. The van der Waals surface area contributed by atoms with Gasteiger partial charge in [0.15, 0.2) is 5.82 Å². The topological polar surface area (TPSA) is 84.8 Å². The first kappa shape index (κ1) is 12.4. The fraction of sp³-hybridized carbons (Fsp3) is 0.545. The van der Waals surface area contributed by atoms with Crippen LogP contribution < -0.4 is 5.73 Å². The number of ether oxygens (including phenoxy) is 1. The maximum Gasteiger partial charge on any atom is 0.162 e. The lowest BCUT2D eigenvalue weighted by Gasteiger charge is -2.25. The third-order valence-corrected chi connectivity index (χ3v) is 2.83. The van der Waals surface area contributed by atoms with Crippen LogP contribution in [0.1, 0.15) is 37.4 Å². The van der Waals surface area contributed by atoms with Crippen LogP contribution in [-0.4, -0.2) is 17.1 Å². The summed E-state index contributed by atoms with van der Waals surface area (Å²) in [4.78, 5) is 8.42. The van der Waals surface area contributed by atoms with E-state index in [0.29, 0.717) is 17.1 Å². The maximum atomic E-state index is 8.87. The Hall–Kier alpha value is -1.67. The van der Waals surface area contributed by atoms with Crippen molar-refractivity contribution in [1.29, 1.82) is 5.26 Å². The molecule has 0 saturated heterocycles. The lowest BCUT2D eigenvalue weighted by molar-refractivity contribution is -0.00899. The molecule has 1 aromatic heterocycles. The highest BCUT2D eigenvalue weighted by Crippen LogP contribution is 2.26. The second-order valence-electron chi connectivity index (χ2n) is 3.79. The van der Waals surface area contributed by atoms with E-state index in [1.807, 2.05) is 19.9 Å². The maximum absolute atomic E-state index is 8.87. The molecule has 1 rings (SSSR count). The molecular formula is C11H16N4O. The summed E-state index contributed by atoms with van der Waals surface area (Å²) in [5.41, 5.74) is 6.06. The minimum Gasteiger partial charge on any atom is -0.382 e. The fourth-order valence-electron chi connectivity index (χ4n) is 1.36. The third-order valence-electron chi connectivity index (χ3n) is 2.83. The van der Waals surface area contributed by atoms with Crippen LogP contribution in [-0.2, 0) is 10.3 Å². The minimum absolute atomic E-state index is 0.210. The molecule has 0 spiro atoms. The predicted octanol–water partition coefficient (Wildman–Crippen LogP) is 1.51. The molecule has 5 heteroatoms. The minimum atomic E-state index is -0.563. The molecule has 0 aliphatic heterocycles. The lowest BCUT2D eigenvalue weighted by atomic mass is 10.0. The number of methoxy groups -OCH3 is 1. The average Bonchev–Trinajstić information content (AvgIpc) is 2.27. The summed E-state index contributed by atoms with van der Waals surface area (Å²) in [7, 11) is 1.61. The van der Waals surface area contributed by atoms with Crippen LogP contribution in [0.25, 0.3) is 0 Å². The van der Waals surface area contributed by atoms with Gasteiger partial charge in [0, 0.05) is 7.11 Å². The molecular weight excluding hydrogens is 204 g/mol. The molecule has 0 aliphatic carbocycles. The predicted molar refractivity (Wildman–Crippen MR) is 60.5 cm³/mol. The van der Waals surface area contributed by atoms with Crippen LogP contribution in [0.5, 0.6) is 0 Å². The van der Waals surface area contributed by atoms with Gasteiger partial charge < -0.3 is 10.5 Å². The Labute approximate surface area is 95.3 Å². The van der Waals surface area contributed by atoms with Crippen molar-refractivity contribution in [3.8, 4) is 6.07 Å². The highest BCUT2D eigenvalue weighted by atomic mass is 16.5. The Morgan fingerprint density at radius 2 is 2.12 bits per heavy atom. The second kappa shape index (κ2) is 4.45. The summed E-state index contributed by atoms with van der Waals surface area (Å²) in [6.07, 6.45) is 0.730. The third kappa shape index (κ3) is 1.97. The van der Waals surface area contributed by atoms with Gasteiger partial charge >= 0.3 is 0 Å². The summed E-state index contributed by atoms with van der Waals surface area (Å²) >= 11 is 0. The van der Waals surface area contributed by atoms with Gasteiger partial charge in [-0.2, -0.15) is 5.26 Å². The molecule has 2 N–H and O–H groups in total. The number of nitrogen functional groups attached to an aromatic ring is 1. The Kier molecular flexibility index (Phi) is 3.45. The van der Waals surface area contributed by atoms with Crippen LogP contribution in [0.15, 0.2) is 0 Å². The van der Waals surface area contributed by atoms with E-state index in [0.717, 1.165) is 6.42 Å². The fourth-order valence-corrected chi connectivity index (χ4v) is 1.36. The Balaban J connectivity index is 3.34. The largest absolute Gasteiger partial charge is 0.382 e. The zero-order valence-corrected chi connectivity index (χ0v) is 10.0. The van der Waals surface area contributed by atoms with E-state index >= 15 is 0 Å². The van der Waals surface area contributed by atoms with E-state index in [1.165, 1.54) is 0 Å². The highest BCUT2D eigenvalue weighted by Gasteiger charge is 2.28. The quantitative estimate of drug-likeness (QED) is 0.834. The van der Waals surface area contributed by atoms with Gasteiger partial charge in [-0.3, -0.25) is 0 Å². The Bertz CT molecular complexity index is 409. The van der Waals surface area contributed by atoms with E-state index in [4.69, 9.17) is 15.7 Å². The monoisotopic (exact) mass is 220 g/mol. The molecule has 16 heavy (non-hydrogen) atoms. The summed E-state index contributed by atoms with van der Waals surface area (Å²) < 4.78 is 5.39. The summed E-state index contributed by atoms with van der Waals surface area (Å²) in [5.74, 6) is 0.730.